The maximum Gasteiger partial charge on any atom is 0.408 e. The lowest BCUT2D eigenvalue weighted by molar-refractivity contribution is -0.145. The van der Waals surface area contributed by atoms with Crippen LogP contribution in [0.4, 0.5) is 4.79 Å². The van der Waals surface area contributed by atoms with Crippen LogP contribution >= 0.6 is 11.6 Å². The zero-order chi connectivity index (χ0) is 18.7. The average molecular weight is 376 g/mol. The van der Waals surface area contributed by atoms with Crippen LogP contribution < -0.4 is 4.74 Å². The molecule has 1 N–H and O–H groups in total. The molecule has 6 nitrogen and oxygen atoms in total. The quantitative estimate of drug-likeness (QED) is 0.803. The Bertz CT molecular complexity index is 838. The highest BCUT2D eigenvalue weighted by molar-refractivity contribution is 6.30. The van der Waals surface area contributed by atoms with Crippen LogP contribution in [0.5, 0.6) is 5.75 Å². The molecule has 0 saturated carbocycles. The molecule has 0 radical (unpaired) electrons. The van der Waals surface area contributed by atoms with Gasteiger partial charge in [-0.2, -0.15) is 0 Å². The summed E-state index contributed by atoms with van der Waals surface area (Å²) in [5, 5.41) is 10.1. The van der Waals surface area contributed by atoms with Crippen LogP contribution in [0.2, 0.25) is 5.02 Å². The second-order valence-corrected chi connectivity index (χ2v) is 6.22. The fraction of sp³-hybridized carbons (Fsp3) is 0.263. The molecular formula is C19H18ClNO5. The summed E-state index contributed by atoms with van der Waals surface area (Å²) in [6.07, 6.45) is -1.04. The maximum absolute atomic E-state index is 11.8. The topological polar surface area (TPSA) is 76.1 Å². The number of fused-ring (bicyclic) bond motifs is 1. The van der Waals surface area contributed by atoms with Crippen molar-refractivity contribution in [2.75, 3.05) is 13.2 Å². The predicted octanol–water partition coefficient (Wildman–Crippen LogP) is 3.86. The Labute approximate surface area is 155 Å². The van der Waals surface area contributed by atoms with E-state index in [1.54, 1.807) is 25.1 Å². The minimum Gasteiger partial charge on any atom is -0.482 e. The van der Waals surface area contributed by atoms with E-state index in [1.165, 1.54) is 4.90 Å². The van der Waals surface area contributed by atoms with Crippen LogP contribution in [-0.4, -0.2) is 35.3 Å². The largest absolute Gasteiger partial charge is 0.482 e. The van der Waals surface area contributed by atoms with Crippen LogP contribution in [0.3, 0.4) is 0 Å². The summed E-state index contributed by atoms with van der Waals surface area (Å²) in [6, 6.07) is 11.9. The van der Waals surface area contributed by atoms with Crippen LogP contribution in [0.25, 0.3) is 0 Å². The molecule has 0 fully saturated rings. The zero-order valence-electron chi connectivity index (χ0n) is 14.1. The summed E-state index contributed by atoms with van der Waals surface area (Å²) < 4.78 is 10.5. The van der Waals surface area contributed by atoms with E-state index < -0.39 is 18.1 Å². The normalized spacial score (nSPS) is 15.5. The third-order valence-electron chi connectivity index (χ3n) is 4.17. The molecule has 2 aromatic carbocycles. The van der Waals surface area contributed by atoms with Crippen molar-refractivity contribution in [1.82, 2.24) is 4.90 Å². The van der Waals surface area contributed by atoms with Gasteiger partial charge in [0, 0.05) is 10.6 Å². The van der Waals surface area contributed by atoms with E-state index >= 15 is 0 Å². The number of hydrogen-bond donors (Lipinski definition) is 1. The molecule has 1 heterocycles. The van der Waals surface area contributed by atoms with Crippen molar-refractivity contribution >= 4 is 23.7 Å². The Hall–Kier alpha value is -2.73. The molecule has 1 aliphatic rings. The Morgan fingerprint density at radius 3 is 2.73 bits per heavy atom. The molecular weight excluding hydrogens is 358 g/mol. The number of amides is 1. The molecule has 0 aromatic heterocycles. The van der Waals surface area contributed by atoms with Crippen LogP contribution in [0.1, 0.15) is 29.7 Å². The first kappa shape index (κ1) is 18.1. The monoisotopic (exact) mass is 375 g/mol. The van der Waals surface area contributed by atoms with E-state index in [0.29, 0.717) is 16.3 Å². The number of ether oxygens (including phenoxy) is 2. The number of esters is 1. The Kier molecular flexibility index (Phi) is 5.32. The highest BCUT2D eigenvalue weighted by Gasteiger charge is 2.36. The van der Waals surface area contributed by atoms with Gasteiger partial charge in [-0.1, -0.05) is 35.9 Å². The molecule has 136 valence electrons. The lowest BCUT2D eigenvalue weighted by Gasteiger charge is -2.25. The summed E-state index contributed by atoms with van der Waals surface area (Å²) in [5.74, 6) is -0.0919. The number of carbonyl (C=O) groups is 2. The number of carbonyl (C=O) groups excluding carboxylic acids is 1. The molecule has 0 spiro atoms. The van der Waals surface area contributed by atoms with Gasteiger partial charge in [-0.15, -0.1) is 0 Å². The van der Waals surface area contributed by atoms with Crippen LogP contribution in [0.15, 0.2) is 42.5 Å². The smallest absolute Gasteiger partial charge is 0.408 e. The lowest BCUT2D eigenvalue weighted by Crippen LogP contribution is -2.29. The SMILES string of the molecule is CCOC(=O)COc1ccc(Cl)cc1[C@@H]1c2ccccc2CN1C(=O)O. The number of rotatable bonds is 5. The third kappa shape index (κ3) is 3.60. The van der Waals surface area contributed by atoms with Gasteiger partial charge in [0.25, 0.3) is 0 Å². The standard InChI is InChI=1S/C19H18ClNO5/c1-2-25-17(22)11-26-16-8-7-13(20)9-15(16)18-14-6-4-3-5-12(14)10-21(18)19(23)24/h3-9,18H,2,10-11H2,1H3,(H,23,24)/t18-/m0/s1. The van der Waals surface area contributed by atoms with Crippen molar-refractivity contribution in [3.05, 3.63) is 64.2 Å². The first-order valence-electron chi connectivity index (χ1n) is 8.16. The fourth-order valence-electron chi connectivity index (χ4n) is 3.10. The molecule has 1 aliphatic heterocycles. The van der Waals surface area contributed by atoms with Gasteiger partial charge in [0.1, 0.15) is 5.75 Å². The summed E-state index contributed by atoms with van der Waals surface area (Å²) in [7, 11) is 0. The third-order valence-corrected chi connectivity index (χ3v) is 4.40. The van der Waals surface area contributed by atoms with E-state index in [0.717, 1.165) is 11.1 Å². The summed E-state index contributed by atoms with van der Waals surface area (Å²) in [4.78, 5) is 24.7. The molecule has 3 rings (SSSR count). The second-order valence-electron chi connectivity index (χ2n) is 5.79. The van der Waals surface area contributed by atoms with Crippen molar-refractivity contribution in [1.29, 1.82) is 0 Å². The Balaban J connectivity index is 1.99. The van der Waals surface area contributed by atoms with Crippen LogP contribution in [-0.2, 0) is 16.1 Å². The average Bonchev–Trinajstić information content (AvgIpc) is 3.00. The van der Waals surface area contributed by atoms with Crippen molar-refractivity contribution in [2.24, 2.45) is 0 Å². The summed E-state index contributed by atoms with van der Waals surface area (Å²) >= 11 is 6.15. The molecule has 0 unspecified atom stereocenters. The highest BCUT2D eigenvalue weighted by Crippen LogP contribution is 2.42. The van der Waals surface area contributed by atoms with E-state index in [9.17, 15) is 14.7 Å². The molecule has 26 heavy (non-hydrogen) atoms. The van der Waals surface area contributed by atoms with Gasteiger partial charge in [0.15, 0.2) is 6.61 Å². The Morgan fingerprint density at radius 1 is 1.23 bits per heavy atom. The lowest BCUT2D eigenvalue weighted by atomic mass is 9.97. The summed E-state index contributed by atoms with van der Waals surface area (Å²) in [6.45, 7) is 1.99. The molecule has 7 heteroatoms. The van der Waals surface area contributed by atoms with Crippen LogP contribution in [0, 0.1) is 0 Å². The van der Waals surface area contributed by atoms with E-state index in [-0.39, 0.29) is 19.8 Å². The van der Waals surface area contributed by atoms with Gasteiger partial charge < -0.3 is 14.6 Å². The number of halogens is 1. The van der Waals surface area contributed by atoms with E-state index in [1.807, 2.05) is 24.3 Å². The highest BCUT2D eigenvalue weighted by atomic mass is 35.5. The molecule has 0 bridgehead atoms. The van der Waals surface area contributed by atoms with Crippen molar-refractivity contribution in [3.8, 4) is 5.75 Å². The Morgan fingerprint density at radius 2 is 2.00 bits per heavy atom. The summed E-state index contributed by atoms with van der Waals surface area (Å²) in [5.41, 5.74) is 2.39. The second kappa shape index (κ2) is 7.66. The first-order chi connectivity index (χ1) is 12.5. The van der Waals surface area contributed by atoms with Crippen molar-refractivity contribution < 1.29 is 24.2 Å². The number of benzene rings is 2. The molecule has 0 saturated heterocycles. The molecule has 1 amide bonds. The predicted molar refractivity (Wildman–Crippen MR) is 95.4 cm³/mol. The maximum atomic E-state index is 11.8. The van der Waals surface area contributed by atoms with E-state index in [4.69, 9.17) is 21.1 Å². The minimum absolute atomic E-state index is 0.260. The van der Waals surface area contributed by atoms with Gasteiger partial charge in [-0.05, 0) is 36.2 Å². The zero-order valence-corrected chi connectivity index (χ0v) is 14.9. The van der Waals surface area contributed by atoms with Gasteiger partial charge in [-0.3, -0.25) is 4.90 Å². The number of hydrogen-bond acceptors (Lipinski definition) is 4. The number of nitrogens with zero attached hydrogens (tertiary/aromatic N) is 1. The van der Waals surface area contributed by atoms with Gasteiger partial charge >= 0.3 is 12.1 Å². The first-order valence-corrected chi connectivity index (χ1v) is 8.54. The number of carboxylic acid groups (broad SMARTS) is 1. The minimum atomic E-state index is -1.04. The molecule has 1 atom stereocenters. The van der Waals surface area contributed by atoms with Crippen molar-refractivity contribution in [3.63, 3.8) is 0 Å². The molecule has 0 aliphatic carbocycles. The van der Waals surface area contributed by atoms with Crippen molar-refractivity contribution in [2.45, 2.75) is 19.5 Å². The fourth-order valence-corrected chi connectivity index (χ4v) is 3.29. The van der Waals surface area contributed by atoms with Gasteiger partial charge in [0.05, 0.1) is 19.2 Å². The van der Waals surface area contributed by atoms with Gasteiger partial charge in [-0.25, -0.2) is 9.59 Å². The van der Waals surface area contributed by atoms with Gasteiger partial charge in [0.2, 0.25) is 0 Å². The van der Waals surface area contributed by atoms with E-state index in [2.05, 4.69) is 0 Å². The molecule has 2 aromatic rings.